The molecule has 1 aliphatic rings. The third kappa shape index (κ3) is 6.12. The van der Waals surface area contributed by atoms with Crippen molar-refractivity contribution in [2.24, 2.45) is 0 Å². The van der Waals surface area contributed by atoms with Crippen molar-refractivity contribution in [3.05, 3.63) is 47.4 Å². The standard InChI is InChI=1S/C23H32FN3O2/c1-23(2,3)22-25-20(29-26-22)9-6-10-21(28)27(19-7-4-5-8-19)16-15-17-11-13-18(24)14-12-17/h11-14,19H,4-10,15-16H2,1-3H3. The number of benzene rings is 1. The Bertz CT molecular complexity index is 789. The summed E-state index contributed by atoms with van der Waals surface area (Å²) in [4.78, 5) is 19.5. The molecular weight excluding hydrogens is 369 g/mol. The molecule has 0 bridgehead atoms. The monoisotopic (exact) mass is 401 g/mol. The van der Waals surface area contributed by atoms with E-state index in [1.165, 1.54) is 25.0 Å². The van der Waals surface area contributed by atoms with Gasteiger partial charge in [0.05, 0.1) is 0 Å². The summed E-state index contributed by atoms with van der Waals surface area (Å²) in [6.45, 7) is 6.83. The van der Waals surface area contributed by atoms with Gasteiger partial charge in [0.15, 0.2) is 5.82 Å². The van der Waals surface area contributed by atoms with Gasteiger partial charge in [0, 0.05) is 30.8 Å². The zero-order valence-electron chi connectivity index (χ0n) is 17.8. The van der Waals surface area contributed by atoms with Gasteiger partial charge in [-0.3, -0.25) is 4.79 Å². The highest BCUT2D eigenvalue weighted by atomic mass is 19.1. The lowest BCUT2D eigenvalue weighted by Crippen LogP contribution is -2.40. The molecule has 2 aromatic rings. The highest BCUT2D eigenvalue weighted by molar-refractivity contribution is 5.76. The Morgan fingerprint density at radius 1 is 1.17 bits per heavy atom. The number of carbonyl (C=O) groups excluding carboxylic acids is 1. The lowest BCUT2D eigenvalue weighted by Gasteiger charge is -2.29. The van der Waals surface area contributed by atoms with Gasteiger partial charge in [-0.25, -0.2) is 4.39 Å². The van der Waals surface area contributed by atoms with Crippen LogP contribution in [-0.2, 0) is 23.1 Å². The van der Waals surface area contributed by atoms with Crippen molar-refractivity contribution in [1.29, 1.82) is 0 Å². The summed E-state index contributed by atoms with van der Waals surface area (Å²) in [7, 11) is 0. The molecule has 0 saturated heterocycles. The Labute approximate surface area is 172 Å². The molecule has 0 spiro atoms. The molecule has 5 nitrogen and oxygen atoms in total. The summed E-state index contributed by atoms with van der Waals surface area (Å²) in [5.41, 5.74) is 0.916. The lowest BCUT2D eigenvalue weighted by atomic mass is 9.96. The number of rotatable bonds is 8. The molecule has 0 atom stereocenters. The first-order chi connectivity index (χ1) is 13.8. The van der Waals surface area contributed by atoms with E-state index in [0.717, 1.165) is 24.8 Å². The zero-order chi connectivity index (χ0) is 20.9. The fourth-order valence-corrected chi connectivity index (χ4v) is 3.82. The maximum Gasteiger partial charge on any atom is 0.226 e. The second kappa shape index (κ2) is 9.51. The fraction of sp³-hybridized carbons (Fsp3) is 0.609. The molecular formula is C23H32FN3O2. The number of nitrogens with zero attached hydrogens (tertiary/aromatic N) is 3. The molecule has 1 saturated carbocycles. The molecule has 1 fully saturated rings. The summed E-state index contributed by atoms with van der Waals surface area (Å²) in [5, 5.41) is 4.04. The van der Waals surface area contributed by atoms with E-state index in [9.17, 15) is 9.18 Å². The number of carbonyl (C=O) groups is 1. The average Bonchev–Trinajstić information content (AvgIpc) is 3.35. The van der Waals surface area contributed by atoms with E-state index in [4.69, 9.17) is 4.52 Å². The van der Waals surface area contributed by atoms with Crippen molar-refractivity contribution in [2.45, 2.75) is 83.6 Å². The van der Waals surface area contributed by atoms with Crippen LogP contribution in [0.1, 0.15) is 76.6 Å². The first-order valence-corrected chi connectivity index (χ1v) is 10.7. The highest BCUT2D eigenvalue weighted by Crippen LogP contribution is 2.25. The Morgan fingerprint density at radius 3 is 2.48 bits per heavy atom. The van der Waals surface area contributed by atoms with Crippen LogP contribution in [0.15, 0.2) is 28.8 Å². The third-order valence-electron chi connectivity index (χ3n) is 5.56. The molecule has 0 radical (unpaired) electrons. The van der Waals surface area contributed by atoms with Crippen LogP contribution in [0, 0.1) is 5.82 Å². The molecule has 1 heterocycles. The number of hydrogen-bond acceptors (Lipinski definition) is 4. The minimum atomic E-state index is -0.229. The van der Waals surface area contributed by atoms with Gasteiger partial charge in [-0.05, 0) is 43.4 Å². The molecule has 1 aromatic carbocycles. The van der Waals surface area contributed by atoms with Crippen molar-refractivity contribution >= 4 is 5.91 Å². The summed E-state index contributed by atoms with van der Waals surface area (Å²) < 4.78 is 18.5. The maximum absolute atomic E-state index is 13.1. The van der Waals surface area contributed by atoms with E-state index < -0.39 is 0 Å². The van der Waals surface area contributed by atoms with Gasteiger partial charge >= 0.3 is 0 Å². The van der Waals surface area contributed by atoms with E-state index in [-0.39, 0.29) is 17.1 Å². The minimum absolute atomic E-state index is 0.142. The molecule has 1 aliphatic carbocycles. The molecule has 1 aromatic heterocycles. The van der Waals surface area contributed by atoms with Gasteiger partial charge in [-0.15, -0.1) is 0 Å². The SMILES string of the molecule is CC(C)(C)c1noc(CCCC(=O)N(CCc2ccc(F)cc2)C2CCCC2)n1. The van der Waals surface area contributed by atoms with Gasteiger partial charge in [-0.2, -0.15) is 4.98 Å². The number of halogens is 1. The second-order valence-corrected chi connectivity index (χ2v) is 9.02. The van der Waals surface area contributed by atoms with Crippen LogP contribution in [0.4, 0.5) is 4.39 Å². The second-order valence-electron chi connectivity index (χ2n) is 9.02. The molecule has 3 rings (SSSR count). The molecule has 0 N–H and O–H groups in total. The minimum Gasteiger partial charge on any atom is -0.339 e. The van der Waals surface area contributed by atoms with Crippen LogP contribution in [0.25, 0.3) is 0 Å². The van der Waals surface area contributed by atoms with Crippen LogP contribution in [0.3, 0.4) is 0 Å². The van der Waals surface area contributed by atoms with Crippen LogP contribution in [0.5, 0.6) is 0 Å². The van der Waals surface area contributed by atoms with Crippen LogP contribution < -0.4 is 0 Å². The van der Waals surface area contributed by atoms with E-state index in [1.807, 2.05) is 25.7 Å². The van der Waals surface area contributed by atoms with E-state index in [2.05, 4.69) is 10.1 Å². The first kappa shape index (κ1) is 21.5. The Kier molecular flexibility index (Phi) is 7.04. The van der Waals surface area contributed by atoms with E-state index >= 15 is 0 Å². The highest BCUT2D eigenvalue weighted by Gasteiger charge is 2.26. The van der Waals surface area contributed by atoms with Crippen LogP contribution >= 0.6 is 0 Å². The van der Waals surface area contributed by atoms with E-state index in [1.54, 1.807) is 12.1 Å². The van der Waals surface area contributed by atoms with Crippen molar-refractivity contribution < 1.29 is 13.7 Å². The number of hydrogen-bond donors (Lipinski definition) is 0. The number of amides is 1. The van der Waals surface area contributed by atoms with Crippen LogP contribution in [-0.4, -0.2) is 33.5 Å². The first-order valence-electron chi connectivity index (χ1n) is 10.7. The molecule has 0 unspecified atom stereocenters. The topological polar surface area (TPSA) is 59.2 Å². The molecule has 6 heteroatoms. The molecule has 0 aliphatic heterocycles. The Hall–Kier alpha value is -2.24. The zero-order valence-corrected chi connectivity index (χ0v) is 17.8. The Morgan fingerprint density at radius 2 is 1.86 bits per heavy atom. The van der Waals surface area contributed by atoms with Crippen LogP contribution in [0.2, 0.25) is 0 Å². The summed E-state index contributed by atoms with van der Waals surface area (Å²) in [6, 6.07) is 6.89. The smallest absolute Gasteiger partial charge is 0.226 e. The average molecular weight is 402 g/mol. The predicted molar refractivity (Wildman–Crippen MR) is 110 cm³/mol. The fourth-order valence-electron chi connectivity index (χ4n) is 3.82. The van der Waals surface area contributed by atoms with Crippen molar-refractivity contribution in [2.75, 3.05) is 6.54 Å². The van der Waals surface area contributed by atoms with Gasteiger partial charge in [0.1, 0.15) is 5.82 Å². The van der Waals surface area contributed by atoms with E-state index in [0.29, 0.717) is 43.6 Å². The van der Waals surface area contributed by atoms with Gasteiger partial charge < -0.3 is 9.42 Å². The molecule has 158 valence electrons. The number of aryl methyl sites for hydroxylation is 1. The quantitative estimate of drug-likeness (QED) is 0.635. The lowest BCUT2D eigenvalue weighted by molar-refractivity contribution is -0.133. The van der Waals surface area contributed by atoms with Crippen molar-refractivity contribution in [3.8, 4) is 0 Å². The number of aromatic nitrogens is 2. The van der Waals surface area contributed by atoms with Gasteiger partial charge in [-0.1, -0.05) is 50.9 Å². The largest absolute Gasteiger partial charge is 0.339 e. The maximum atomic E-state index is 13.1. The summed E-state index contributed by atoms with van der Waals surface area (Å²) >= 11 is 0. The Balaban J connectivity index is 1.53. The molecule has 1 amide bonds. The van der Waals surface area contributed by atoms with Crippen molar-refractivity contribution in [3.63, 3.8) is 0 Å². The van der Waals surface area contributed by atoms with Crippen molar-refractivity contribution in [1.82, 2.24) is 15.0 Å². The van der Waals surface area contributed by atoms with Gasteiger partial charge in [0.25, 0.3) is 0 Å². The predicted octanol–water partition coefficient (Wildman–Crippen LogP) is 4.84. The summed E-state index contributed by atoms with van der Waals surface area (Å²) in [6.07, 6.45) is 7.07. The van der Waals surface area contributed by atoms with Gasteiger partial charge in [0.2, 0.25) is 11.8 Å². The molecule has 29 heavy (non-hydrogen) atoms. The third-order valence-corrected chi connectivity index (χ3v) is 5.56. The summed E-state index contributed by atoms with van der Waals surface area (Å²) in [5.74, 6) is 1.26. The normalized spacial score (nSPS) is 15.0.